The predicted molar refractivity (Wildman–Crippen MR) is 142 cm³/mol. The maximum Gasteiger partial charge on any atom is 0.263 e. The molecule has 1 aliphatic rings. The van der Waals surface area contributed by atoms with E-state index in [1.54, 1.807) is 0 Å². The Bertz CT molecular complexity index is 1360. The number of piperazine rings is 1. The largest absolute Gasteiger partial charge is 0.397 e. The number of carbonyl (C=O) groups excluding carboxylic acids is 1. The SMILES string of the molecule is Cc1ccc2c(N)c(C(=O)NCCc3ccc(N4CCNCC4)c(-c4ccc(F)cc4)c3)sc2n1. The van der Waals surface area contributed by atoms with Crippen molar-refractivity contribution >= 4 is 38.8 Å². The number of aryl methyl sites for hydroxylation is 1. The van der Waals surface area contributed by atoms with Gasteiger partial charge in [0.2, 0.25) is 0 Å². The Morgan fingerprint density at radius 1 is 1.14 bits per heavy atom. The second kappa shape index (κ2) is 10.0. The van der Waals surface area contributed by atoms with Crippen LogP contribution in [-0.2, 0) is 6.42 Å². The molecule has 1 saturated heterocycles. The normalized spacial score (nSPS) is 13.8. The molecule has 0 radical (unpaired) electrons. The smallest absolute Gasteiger partial charge is 0.263 e. The lowest BCUT2D eigenvalue weighted by Crippen LogP contribution is -2.43. The van der Waals surface area contributed by atoms with Crippen molar-refractivity contribution in [3.8, 4) is 11.1 Å². The summed E-state index contributed by atoms with van der Waals surface area (Å²) in [4.78, 5) is 21.0. The van der Waals surface area contributed by atoms with E-state index in [0.29, 0.717) is 23.5 Å². The van der Waals surface area contributed by atoms with Crippen LogP contribution in [0.3, 0.4) is 0 Å². The molecule has 6 nitrogen and oxygen atoms in total. The number of hydrogen-bond acceptors (Lipinski definition) is 6. The lowest BCUT2D eigenvalue weighted by molar-refractivity contribution is 0.0959. The highest BCUT2D eigenvalue weighted by molar-refractivity contribution is 7.21. The van der Waals surface area contributed by atoms with E-state index in [1.807, 2.05) is 31.2 Å². The first-order valence-electron chi connectivity index (χ1n) is 11.8. The molecule has 0 spiro atoms. The van der Waals surface area contributed by atoms with Crippen LogP contribution in [0.1, 0.15) is 20.9 Å². The molecule has 1 amide bonds. The molecule has 180 valence electrons. The molecular weight excluding hydrogens is 461 g/mol. The van der Waals surface area contributed by atoms with Gasteiger partial charge in [-0.05, 0) is 60.9 Å². The van der Waals surface area contributed by atoms with Gasteiger partial charge in [0.25, 0.3) is 5.91 Å². The third-order valence-corrected chi connectivity index (χ3v) is 7.43. The molecule has 0 aliphatic carbocycles. The van der Waals surface area contributed by atoms with Gasteiger partial charge in [0.1, 0.15) is 15.5 Å². The minimum atomic E-state index is -0.248. The van der Waals surface area contributed by atoms with Crippen LogP contribution < -0.4 is 21.3 Å². The van der Waals surface area contributed by atoms with Crippen molar-refractivity contribution in [2.75, 3.05) is 43.4 Å². The van der Waals surface area contributed by atoms with Crippen molar-refractivity contribution in [3.63, 3.8) is 0 Å². The number of benzene rings is 2. The van der Waals surface area contributed by atoms with E-state index in [-0.39, 0.29) is 11.7 Å². The van der Waals surface area contributed by atoms with Crippen molar-refractivity contribution in [1.82, 2.24) is 15.6 Å². The first kappa shape index (κ1) is 23.3. The van der Waals surface area contributed by atoms with Gasteiger partial charge in [-0.3, -0.25) is 4.79 Å². The standard InChI is InChI=1S/C27H28FN5OS/c1-17-2-8-21-24(29)25(35-27(21)32-17)26(34)31-11-10-18-3-9-23(33-14-12-30-13-15-33)22(16-18)19-4-6-20(28)7-5-19/h2-9,16,30H,10-15,29H2,1H3,(H,31,34). The summed E-state index contributed by atoms with van der Waals surface area (Å²) >= 11 is 1.32. The first-order chi connectivity index (χ1) is 17.0. The Kier molecular flexibility index (Phi) is 6.66. The van der Waals surface area contributed by atoms with Crippen LogP contribution in [0.5, 0.6) is 0 Å². The Morgan fingerprint density at radius 2 is 1.91 bits per heavy atom. The van der Waals surface area contributed by atoms with Gasteiger partial charge in [-0.25, -0.2) is 9.37 Å². The van der Waals surface area contributed by atoms with E-state index in [2.05, 4.69) is 38.7 Å². The number of nitrogens with two attached hydrogens (primary N) is 1. The lowest BCUT2D eigenvalue weighted by atomic mass is 9.98. The lowest BCUT2D eigenvalue weighted by Gasteiger charge is -2.31. The molecule has 1 fully saturated rings. The molecule has 0 unspecified atom stereocenters. The van der Waals surface area contributed by atoms with Crippen LogP contribution in [0.2, 0.25) is 0 Å². The minimum Gasteiger partial charge on any atom is -0.397 e. The molecule has 0 bridgehead atoms. The van der Waals surface area contributed by atoms with Crippen LogP contribution in [-0.4, -0.2) is 43.6 Å². The summed E-state index contributed by atoms with van der Waals surface area (Å²) in [5.74, 6) is -0.429. The molecule has 2 aromatic heterocycles. The van der Waals surface area contributed by atoms with Gasteiger partial charge in [-0.15, -0.1) is 11.3 Å². The first-order valence-corrected chi connectivity index (χ1v) is 12.6. The van der Waals surface area contributed by atoms with Gasteiger partial charge in [0.15, 0.2) is 0 Å². The van der Waals surface area contributed by atoms with Crippen LogP contribution in [0.25, 0.3) is 21.3 Å². The van der Waals surface area contributed by atoms with Crippen molar-refractivity contribution in [2.45, 2.75) is 13.3 Å². The topological polar surface area (TPSA) is 83.3 Å². The molecule has 4 aromatic rings. The number of nitrogens with zero attached hydrogens (tertiary/aromatic N) is 2. The van der Waals surface area contributed by atoms with Crippen molar-refractivity contribution in [2.24, 2.45) is 0 Å². The summed E-state index contributed by atoms with van der Waals surface area (Å²) in [6.07, 6.45) is 0.671. The number of anilines is 2. The Balaban J connectivity index is 1.33. The summed E-state index contributed by atoms with van der Waals surface area (Å²) in [7, 11) is 0. The molecule has 3 heterocycles. The predicted octanol–water partition coefficient (Wildman–Crippen LogP) is 4.38. The zero-order valence-electron chi connectivity index (χ0n) is 19.6. The summed E-state index contributed by atoms with van der Waals surface area (Å²) in [6.45, 7) is 6.12. The summed E-state index contributed by atoms with van der Waals surface area (Å²) in [6, 6.07) is 16.8. The average molecular weight is 490 g/mol. The third kappa shape index (κ3) is 4.99. The minimum absolute atomic E-state index is 0.181. The van der Waals surface area contributed by atoms with Crippen molar-refractivity contribution < 1.29 is 9.18 Å². The number of nitrogens with one attached hydrogen (secondary N) is 2. The summed E-state index contributed by atoms with van der Waals surface area (Å²) in [5.41, 5.74) is 11.9. The number of halogens is 1. The Hall–Kier alpha value is -3.49. The van der Waals surface area contributed by atoms with Crippen LogP contribution in [0.15, 0.2) is 54.6 Å². The van der Waals surface area contributed by atoms with Crippen LogP contribution in [0.4, 0.5) is 15.8 Å². The van der Waals surface area contributed by atoms with E-state index in [1.165, 1.54) is 23.5 Å². The van der Waals surface area contributed by atoms with Gasteiger partial charge in [-0.1, -0.05) is 18.2 Å². The number of thiophene rings is 1. The van der Waals surface area contributed by atoms with E-state index < -0.39 is 0 Å². The quantitative estimate of drug-likeness (QED) is 0.375. The van der Waals surface area contributed by atoms with E-state index >= 15 is 0 Å². The number of fused-ring (bicyclic) bond motifs is 1. The van der Waals surface area contributed by atoms with Crippen LogP contribution >= 0.6 is 11.3 Å². The highest BCUT2D eigenvalue weighted by atomic mass is 32.1. The zero-order valence-corrected chi connectivity index (χ0v) is 20.4. The Labute approximate surface area is 208 Å². The van der Waals surface area contributed by atoms with Crippen molar-refractivity contribution in [3.05, 3.63) is 76.5 Å². The number of rotatable bonds is 6. The molecule has 0 saturated carbocycles. The van der Waals surface area contributed by atoms with Gasteiger partial charge >= 0.3 is 0 Å². The fourth-order valence-electron chi connectivity index (χ4n) is 4.44. The molecule has 5 rings (SSSR count). The van der Waals surface area contributed by atoms with E-state index in [0.717, 1.165) is 64.5 Å². The number of aromatic nitrogens is 1. The number of amides is 1. The highest BCUT2D eigenvalue weighted by Crippen LogP contribution is 2.34. The van der Waals surface area contributed by atoms with Gasteiger partial charge in [-0.2, -0.15) is 0 Å². The zero-order chi connectivity index (χ0) is 24.4. The van der Waals surface area contributed by atoms with Gasteiger partial charge in [0, 0.05) is 55.1 Å². The van der Waals surface area contributed by atoms with Gasteiger partial charge in [0.05, 0.1) is 5.69 Å². The highest BCUT2D eigenvalue weighted by Gasteiger charge is 2.18. The Morgan fingerprint density at radius 3 is 2.69 bits per heavy atom. The number of nitrogen functional groups attached to an aromatic ring is 1. The fourth-order valence-corrected chi connectivity index (χ4v) is 5.50. The second-order valence-corrected chi connectivity index (χ2v) is 9.75. The molecule has 0 atom stereocenters. The van der Waals surface area contributed by atoms with Crippen molar-refractivity contribution in [1.29, 1.82) is 0 Å². The number of carbonyl (C=O) groups is 1. The molecule has 1 aliphatic heterocycles. The monoisotopic (exact) mass is 489 g/mol. The van der Waals surface area contributed by atoms with E-state index in [4.69, 9.17) is 5.73 Å². The molecular formula is C27H28FN5OS. The summed E-state index contributed by atoms with van der Waals surface area (Å²) < 4.78 is 13.6. The second-order valence-electron chi connectivity index (χ2n) is 8.75. The summed E-state index contributed by atoms with van der Waals surface area (Å²) in [5, 5.41) is 7.21. The number of pyridine rings is 1. The molecule has 4 N–H and O–H groups in total. The van der Waals surface area contributed by atoms with E-state index in [9.17, 15) is 9.18 Å². The maximum absolute atomic E-state index is 13.6. The molecule has 8 heteroatoms. The average Bonchev–Trinajstić information content (AvgIpc) is 3.20. The fraction of sp³-hybridized carbons (Fsp3) is 0.259. The van der Waals surface area contributed by atoms with Crippen LogP contribution in [0, 0.1) is 12.7 Å². The molecule has 35 heavy (non-hydrogen) atoms. The molecule has 2 aromatic carbocycles. The van der Waals surface area contributed by atoms with Gasteiger partial charge < -0.3 is 21.3 Å². The number of hydrogen-bond donors (Lipinski definition) is 3. The maximum atomic E-state index is 13.6. The third-order valence-electron chi connectivity index (χ3n) is 6.31.